The molecule has 0 radical (unpaired) electrons. The summed E-state index contributed by atoms with van der Waals surface area (Å²) in [6.45, 7) is 1.86. The Labute approximate surface area is 131 Å². The molecule has 0 aliphatic carbocycles. The molecule has 0 unspecified atom stereocenters. The third kappa shape index (κ3) is 3.71. The van der Waals surface area contributed by atoms with Crippen molar-refractivity contribution in [1.82, 2.24) is 9.88 Å². The van der Waals surface area contributed by atoms with E-state index in [1.807, 2.05) is 54.7 Å². The van der Waals surface area contributed by atoms with Crippen molar-refractivity contribution in [2.45, 2.75) is 25.3 Å². The number of aromatic nitrogens is 1. The largest absolute Gasteiger partial charge is 0.325 e. The quantitative estimate of drug-likeness (QED) is 0.922. The summed E-state index contributed by atoms with van der Waals surface area (Å²) in [6.07, 6.45) is 4.71. The predicted octanol–water partition coefficient (Wildman–Crippen LogP) is 2.73. The van der Waals surface area contributed by atoms with Crippen LogP contribution in [0.5, 0.6) is 0 Å². The molecule has 0 spiro atoms. The van der Waals surface area contributed by atoms with Crippen LogP contribution in [0, 0.1) is 0 Å². The number of nitrogens with zero attached hydrogens (tertiary/aromatic N) is 2. The minimum atomic E-state index is -0.0241. The molecule has 1 atom stereocenters. The lowest BCUT2D eigenvalue weighted by Crippen LogP contribution is -2.40. The number of carbonyl (C=O) groups is 1. The Morgan fingerprint density at radius 2 is 2.00 bits per heavy atom. The van der Waals surface area contributed by atoms with Gasteiger partial charge in [0.25, 0.3) is 0 Å². The molecule has 1 aliphatic heterocycles. The van der Waals surface area contributed by atoms with Gasteiger partial charge in [-0.15, -0.1) is 0 Å². The molecule has 3 rings (SSSR count). The van der Waals surface area contributed by atoms with Crippen LogP contribution < -0.4 is 5.32 Å². The Morgan fingerprint density at radius 1 is 1.18 bits per heavy atom. The monoisotopic (exact) mass is 295 g/mol. The molecule has 1 fully saturated rings. The van der Waals surface area contributed by atoms with Gasteiger partial charge in [0.2, 0.25) is 5.91 Å². The van der Waals surface area contributed by atoms with Crippen LogP contribution in [0.3, 0.4) is 0 Å². The number of hydrogen-bond donors (Lipinski definition) is 1. The Bertz CT molecular complexity index is 600. The first-order valence-electron chi connectivity index (χ1n) is 7.83. The van der Waals surface area contributed by atoms with Crippen molar-refractivity contribution in [2.24, 2.45) is 0 Å². The van der Waals surface area contributed by atoms with Crippen molar-refractivity contribution in [2.75, 3.05) is 18.4 Å². The number of rotatable bonds is 5. The second kappa shape index (κ2) is 7.18. The molecule has 2 aromatic rings. The number of amides is 1. The van der Waals surface area contributed by atoms with Gasteiger partial charge >= 0.3 is 0 Å². The smallest absolute Gasteiger partial charge is 0.241 e. The van der Waals surface area contributed by atoms with Gasteiger partial charge in [0.15, 0.2) is 0 Å². The van der Waals surface area contributed by atoms with E-state index < -0.39 is 0 Å². The van der Waals surface area contributed by atoms with Crippen molar-refractivity contribution >= 4 is 11.6 Å². The SMILES string of the molecule is O=C(Nc1ccccc1)[C@@H]1CCCN1CCc1ccccn1. The summed E-state index contributed by atoms with van der Waals surface area (Å²) in [4.78, 5) is 19.1. The maximum absolute atomic E-state index is 12.5. The Hall–Kier alpha value is -2.20. The van der Waals surface area contributed by atoms with E-state index in [4.69, 9.17) is 0 Å². The topological polar surface area (TPSA) is 45.2 Å². The van der Waals surface area contributed by atoms with Crippen LogP contribution in [0.2, 0.25) is 0 Å². The number of benzene rings is 1. The van der Waals surface area contributed by atoms with Crippen LogP contribution in [-0.2, 0) is 11.2 Å². The summed E-state index contributed by atoms with van der Waals surface area (Å²) in [5.74, 6) is 0.102. The van der Waals surface area contributed by atoms with Gasteiger partial charge in [0.1, 0.15) is 0 Å². The number of para-hydroxylation sites is 1. The van der Waals surface area contributed by atoms with Crippen LogP contribution >= 0.6 is 0 Å². The number of anilines is 1. The van der Waals surface area contributed by atoms with Gasteiger partial charge in [-0.1, -0.05) is 24.3 Å². The molecule has 1 aromatic heterocycles. The zero-order valence-electron chi connectivity index (χ0n) is 12.6. The molecule has 1 saturated heterocycles. The molecule has 1 amide bonds. The van der Waals surface area contributed by atoms with Crippen LogP contribution in [-0.4, -0.2) is 34.9 Å². The maximum atomic E-state index is 12.5. The molecular weight excluding hydrogens is 274 g/mol. The average molecular weight is 295 g/mol. The Morgan fingerprint density at radius 3 is 2.77 bits per heavy atom. The van der Waals surface area contributed by atoms with Crippen LogP contribution in [0.4, 0.5) is 5.69 Å². The first-order valence-corrected chi connectivity index (χ1v) is 7.83. The van der Waals surface area contributed by atoms with Gasteiger partial charge in [-0.25, -0.2) is 0 Å². The van der Waals surface area contributed by atoms with Gasteiger partial charge in [-0.05, 0) is 43.7 Å². The van der Waals surface area contributed by atoms with E-state index in [0.29, 0.717) is 0 Å². The fourth-order valence-electron chi connectivity index (χ4n) is 2.94. The first-order chi connectivity index (χ1) is 10.8. The second-order valence-electron chi connectivity index (χ2n) is 5.62. The molecule has 4 heteroatoms. The summed E-state index contributed by atoms with van der Waals surface area (Å²) < 4.78 is 0. The minimum Gasteiger partial charge on any atom is -0.325 e. The Kier molecular flexibility index (Phi) is 4.81. The normalized spacial score (nSPS) is 18.3. The number of nitrogens with one attached hydrogen (secondary N) is 1. The number of carbonyl (C=O) groups excluding carboxylic acids is 1. The zero-order chi connectivity index (χ0) is 15.2. The number of pyridine rings is 1. The summed E-state index contributed by atoms with van der Waals surface area (Å²) >= 11 is 0. The van der Waals surface area contributed by atoms with Gasteiger partial charge in [0, 0.05) is 30.5 Å². The molecule has 1 aliphatic rings. The highest BCUT2D eigenvalue weighted by Crippen LogP contribution is 2.19. The molecule has 0 bridgehead atoms. The van der Waals surface area contributed by atoms with Crippen molar-refractivity contribution in [1.29, 1.82) is 0 Å². The lowest BCUT2D eigenvalue weighted by atomic mass is 10.2. The fraction of sp³-hybridized carbons (Fsp3) is 0.333. The molecule has 1 aromatic carbocycles. The molecular formula is C18H21N3O. The maximum Gasteiger partial charge on any atom is 0.241 e. The first kappa shape index (κ1) is 14.7. The van der Waals surface area contributed by atoms with E-state index in [-0.39, 0.29) is 11.9 Å². The van der Waals surface area contributed by atoms with E-state index in [0.717, 1.165) is 43.7 Å². The predicted molar refractivity (Wildman–Crippen MR) is 87.6 cm³/mol. The van der Waals surface area contributed by atoms with Gasteiger partial charge in [0.05, 0.1) is 6.04 Å². The number of hydrogen-bond acceptors (Lipinski definition) is 3. The third-order valence-electron chi connectivity index (χ3n) is 4.09. The van der Waals surface area contributed by atoms with Gasteiger partial charge < -0.3 is 5.32 Å². The molecule has 2 heterocycles. The minimum absolute atomic E-state index is 0.0241. The van der Waals surface area contributed by atoms with Gasteiger partial charge in [-0.3, -0.25) is 14.7 Å². The van der Waals surface area contributed by atoms with Gasteiger partial charge in [-0.2, -0.15) is 0 Å². The Balaban J connectivity index is 1.57. The highest BCUT2D eigenvalue weighted by molar-refractivity contribution is 5.94. The highest BCUT2D eigenvalue weighted by Gasteiger charge is 2.30. The second-order valence-corrected chi connectivity index (χ2v) is 5.62. The summed E-state index contributed by atoms with van der Waals surface area (Å²) in [7, 11) is 0. The third-order valence-corrected chi connectivity index (χ3v) is 4.09. The molecule has 22 heavy (non-hydrogen) atoms. The summed E-state index contributed by atoms with van der Waals surface area (Å²) in [5.41, 5.74) is 1.95. The van der Waals surface area contributed by atoms with E-state index in [9.17, 15) is 4.79 Å². The molecule has 1 N–H and O–H groups in total. The van der Waals surface area contributed by atoms with E-state index in [1.165, 1.54) is 0 Å². The zero-order valence-corrected chi connectivity index (χ0v) is 12.6. The van der Waals surface area contributed by atoms with Crippen molar-refractivity contribution in [3.8, 4) is 0 Å². The molecule has 0 saturated carbocycles. The van der Waals surface area contributed by atoms with Crippen LogP contribution in [0.1, 0.15) is 18.5 Å². The molecule has 114 valence electrons. The van der Waals surface area contributed by atoms with E-state index in [2.05, 4.69) is 15.2 Å². The lowest BCUT2D eigenvalue weighted by molar-refractivity contribution is -0.120. The van der Waals surface area contributed by atoms with Crippen LogP contribution in [0.15, 0.2) is 54.7 Å². The lowest BCUT2D eigenvalue weighted by Gasteiger charge is -2.23. The summed E-state index contributed by atoms with van der Waals surface area (Å²) in [6, 6.07) is 15.6. The number of likely N-dealkylation sites (tertiary alicyclic amines) is 1. The van der Waals surface area contributed by atoms with Crippen molar-refractivity contribution in [3.05, 3.63) is 60.4 Å². The van der Waals surface area contributed by atoms with E-state index >= 15 is 0 Å². The standard InChI is InChI=1S/C18H21N3O/c22-18(20-16-8-2-1-3-9-16)17-10-6-13-21(17)14-11-15-7-4-5-12-19-15/h1-5,7-9,12,17H,6,10-11,13-14H2,(H,20,22)/t17-/m0/s1. The van der Waals surface area contributed by atoms with E-state index in [1.54, 1.807) is 0 Å². The van der Waals surface area contributed by atoms with Crippen molar-refractivity contribution in [3.63, 3.8) is 0 Å². The average Bonchev–Trinajstić information content (AvgIpc) is 3.03. The molecule has 4 nitrogen and oxygen atoms in total. The fourth-order valence-corrected chi connectivity index (χ4v) is 2.94. The van der Waals surface area contributed by atoms with Crippen LogP contribution in [0.25, 0.3) is 0 Å². The van der Waals surface area contributed by atoms with Crippen molar-refractivity contribution < 1.29 is 4.79 Å². The summed E-state index contributed by atoms with van der Waals surface area (Å²) in [5, 5.41) is 3.02. The highest BCUT2D eigenvalue weighted by atomic mass is 16.2.